The molecule has 4 rings (SSSR count). The number of carbonyl (C=O) groups is 1. The molecule has 0 aromatic heterocycles. The molecule has 0 spiro atoms. The van der Waals surface area contributed by atoms with Gasteiger partial charge in [-0.25, -0.2) is 9.38 Å². The summed E-state index contributed by atoms with van der Waals surface area (Å²) in [5.74, 6) is 1.08. The molecular weight excluding hydrogens is 693 g/mol. The molecule has 1 aliphatic heterocycles. The van der Waals surface area contributed by atoms with E-state index in [-0.39, 0.29) is 18.3 Å². The Morgan fingerprint density at radius 2 is 1.77 bits per heavy atom. The van der Waals surface area contributed by atoms with Gasteiger partial charge in [-0.2, -0.15) is 0 Å². The van der Waals surface area contributed by atoms with Gasteiger partial charge < -0.3 is 9.47 Å². The molecule has 3 aromatic carbocycles. The van der Waals surface area contributed by atoms with Gasteiger partial charge in [0.15, 0.2) is 5.17 Å². The molecule has 1 fully saturated rings. The van der Waals surface area contributed by atoms with Crippen LogP contribution in [0.15, 0.2) is 70.6 Å². The highest BCUT2D eigenvalue weighted by Gasteiger charge is 2.32. The van der Waals surface area contributed by atoms with Crippen LogP contribution in [0.3, 0.4) is 0 Å². The Bertz CT molecular complexity index is 1290. The van der Waals surface area contributed by atoms with Crippen LogP contribution in [0, 0.1) is 13.0 Å². The molecule has 180 valence electrons. The smallest absolute Gasteiger partial charge is 0.266 e. The maximum atomic E-state index is 13.9. The van der Waals surface area contributed by atoms with Crippen molar-refractivity contribution in [3.63, 3.8) is 0 Å². The molecule has 0 saturated carbocycles. The van der Waals surface area contributed by atoms with Crippen LogP contribution in [0.2, 0.25) is 0 Å². The highest BCUT2D eigenvalue weighted by Crippen LogP contribution is 2.36. The van der Waals surface area contributed by atoms with E-state index in [1.807, 2.05) is 49.4 Å². The van der Waals surface area contributed by atoms with Crippen molar-refractivity contribution < 1.29 is 18.7 Å². The second-order valence-corrected chi connectivity index (χ2v) is 10.8. The van der Waals surface area contributed by atoms with Gasteiger partial charge in [-0.1, -0.05) is 18.2 Å². The minimum Gasteiger partial charge on any atom is -0.497 e. The fourth-order valence-electron chi connectivity index (χ4n) is 3.35. The number of nitrogens with zero attached hydrogens (tertiary/aromatic N) is 2. The van der Waals surface area contributed by atoms with Crippen molar-refractivity contribution in [1.29, 1.82) is 0 Å². The number of halogens is 3. The van der Waals surface area contributed by atoms with Crippen molar-refractivity contribution in [3.8, 4) is 11.5 Å². The Morgan fingerprint density at radius 3 is 2.40 bits per heavy atom. The maximum Gasteiger partial charge on any atom is 0.266 e. The number of aliphatic imine (C=N–C) groups is 1. The quantitative estimate of drug-likeness (QED) is 0.191. The summed E-state index contributed by atoms with van der Waals surface area (Å²) in [5.41, 5.74) is 2.14. The zero-order valence-corrected chi connectivity index (χ0v) is 24.1. The standard InChI is InChI=1S/C26H21FI2N2O3S/c1-3-31-25(32)23(35-26(31)30-18-8-10-19(33-2)11-9-18)14-16-12-21(28)24(22(29)13-16)34-15-17-6-4-5-7-20(17)27/h4-14H,3,15H2,1-2H3/b23-14+,30-26?. The van der Waals surface area contributed by atoms with Crippen LogP contribution in [0.25, 0.3) is 6.08 Å². The first-order valence-corrected chi connectivity index (χ1v) is 13.7. The molecule has 0 atom stereocenters. The average Bonchev–Trinajstić information content (AvgIpc) is 3.13. The molecule has 0 N–H and O–H groups in total. The first kappa shape index (κ1) is 26.0. The molecule has 1 saturated heterocycles. The zero-order chi connectivity index (χ0) is 24.9. The highest BCUT2D eigenvalue weighted by molar-refractivity contribution is 14.1. The number of likely N-dealkylation sites (N-methyl/N-ethyl adjacent to an activating group) is 1. The Hall–Kier alpha value is -2.12. The number of carbonyl (C=O) groups excluding carboxylic acids is 1. The van der Waals surface area contributed by atoms with Gasteiger partial charge in [0.25, 0.3) is 5.91 Å². The van der Waals surface area contributed by atoms with Gasteiger partial charge in [-0.15, -0.1) is 0 Å². The third-order valence-corrected chi connectivity index (χ3v) is 7.76. The second kappa shape index (κ2) is 11.7. The van der Waals surface area contributed by atoms with Crippen LogP contribution in [-0.2, 0) is 11.4 Å². The molecule has 3 aromatic rings. The summed E-state index contributed by atoms with van der Waals surface area (Å²) in [7, 11) is 1.62. The maximum absolute atomic E-state index is 13.9. The first-order valence-electron chi connectivity index (χ1n) is 10.7. The Kier molecular flexibility index (Phi) is 8.71. The number of benzene rings is 3. The van der Waals surface area contributed by atoms with E-state index in [1.54, 1.807) is 30.2 Å². The van der Waals surface area contributed by atoms with E-state index in [1.165, 1.54) is 17.8 Å². The molecule has 1 heterocycles. The Labute approximate surface area is 235 Å². The molecule has 1 aliphatic rings. The predicted molar refractivity (Wildman–Crippen MR) is 156 cm³/mol. The van der Waals surface area contributed by atoms with Crippen molar-refractivity contribution in [2.45, 2.75) is 13.5 Å². The van der Waals surface area contributed by atoms with Crippen LogP contribution in [0.1, 0.15) is 18.1 Å². The fraction of sp³-hybridized carbons (Fsp3) is 0.154. The van der Waals surface area contributed by atoms with Gasteiger partial charge in [0.2, 0.25) is 0 Å². The first-order chi connectivity index (χ1) is 16.9. The number of ether oxygens (including phenoxy) is 2. The molecule has 0 unspecified atom stereocenters. The topological polar surface area (TPSA) is 51.1 Å². The number of thioether (sulfide) groups is 1. The number of amides is 1. The number of hydrogen-bond donors (Lipinski definition) is 0. The van der Waals surface area contributed by atoms with Gasteiger partial charge in [-0.05, 0) is 118 Å². The van der Waals surface area contributed by atoms with Gasteiger partial charge in [0.05, 0.1) is 24.8 Å². The van der Waals surface area contributed by atoms with Gasteiger partial charge in [-0.3, -0.25) is 9.69 Å². The van der Waals surface area contributed by atoms with E-state index in [4.69, 9.17) is 9.47 Å². The minimum absolute atomic E-state index is 0.0744. The van der Waals surface area contributed by atoms with Crippen molar-refractivity contribution in [1.82, 2.24) is 4.90 Å². The van der Waals surface area contributed by atoms with Crippen molar-refractivity contribution >= 4 is 79.8 Å². The van der Waals surface area contributed by atoms with E-state index in [0.717, 1.165) is 24.1 Å². The van der Waals surface area contributed by atoms with E-state index in [9.17, 15) is 9.18 Å². The zero-order valence-electron chi connectivity index (χ0n) is 18.9. The number of hydrogen-bond acceptors (Lipinski definition) is 5. The summed E-state index contributed by atoms with van der Waals surface area (Å²) in [6.07, 6.45) is 1.87. The molecule has 1 amide bonds. The van der Waals surface area contributed by atoms with Crippen LogP contribution in [-0.4, -0.2) is 29.6 Å². The van der Waals surface area contributed by atoms with Crippen molar-refractivity contribution in [2.24, 2.45) is 4.99 Å². The van der Waals surface area contributed by atoms with E-state index in [2.05, 4.69) is 50.2 Å². The van der Waals surface area contributed by atoms with Crippen LogP contribution >= 0.6 is 56.9 Å². The Balaban J connectivity index is 1.55. The Morgan fingerprint density at radius 1 is 1.09 bits per heavy atom. The van der Waals surface area contributed by atoms with E-state index < -0.39 is 0 Å². The summed E-state index contributed by atoms with van der Waals surface area (Å²) in [5, 5.41) is 0.642. The van der Waals surface area contributed by atoms with Crippen LogP contribution in [0.5, 0.6) is 11.5 Å². The third kappa shape index (κ3) is 6.18. The highest BCUT2D eigenvalue weighted by atomic mass is 127. The summed E-state index contributed by atoms with van der Waals surface area (Å²) >= 11 is 5.76. The van der Waals surface area contributed by atoms with Crippen molar-refractivity contribution in [2.75, 3.05) is 13.7 Å². The van der Waals surface area contributed by atoms with Crippen LogP contribution in [0.4, 0.5) is 10.1 Å². The lowest BCUT2D eigenvalue weighted by atomic mass is 10.2. The lowest BCUT2D eigenvalue weighted by molar-refractivity contribution is -0.122. The lowest BCUT2D eigenvalue weighted by Crippen LogP contribution is -2.28. The molecule has 0 bridgehead atoms. The van der Waals surface area contributed by atoms with E-state index in [0.29, 0.717) is 27.9 Å². The molecular formula is C26H21FI2N2O3S. The largest absolute Gasteiger partial charge is 0.497 e. The summed E-state index contributed by atoms with van der Waals surface area (Å²) in [4.78, 5) is 20.0. The van der Waals surface area contributed by atoms with Gasteiger partial charge in [0, 0.05) is 12.1 Å². The van der Waals surface area contributed by atoms with Gasteiger partial charge in [0.1, 0.15) is 23.9 Å². The van der Waals surface area contributed by atoms with Crippen LogP contribution < -0.4 is 9.47 Å². The molecule has 0 aliphatic carbocycles. The number of amidine groups is 1. The molecule has 35 heavy (non-hydrogen) atoms. The molecule has 5 nitrogen and oxygen atoms in total. The SMILES string of the molecule is CCN1C(=O)/C(=C\c2cc(I)c(OCc3ccccc3F)c(I)c2)SC1=Nc1ccc(OC)cc1. The minimum atomic E-state index is -0.289. The monoisotopic (exact) mass is 714 g/mol. The van der Waals surface area contributed by atoms with E-state index >= 15 is 0 Å². The fourth-order valence-corrected chi connectivity index (χ4v) is 6.55. The third-order valence-electron chi connectivity index (χ3n) is 5.15. The summed E-state index contributed by atoms with van der Waals surface area (Å²) < 4.78 is 26.8. The summed E-state index contributed by atoms with van der Waals surface area (Å²) in [6.45, 7) is 2.60. The van der Waals surface area contributed by atoms with Crippen molar-refractivity contribution in [3.05, 3.63) is 89.7 Å². The predicted octanol–water partition coefficient (Wildman–Crippen LogP) is 7.25. The number of rotatable bonds is 7. The summed E-state index contributed by atoms with van der Waals surface area (Å²) in [6, 6.07) is 17.9. The second-order valence-electron chi connectivity index (χ2n) is 7.45. The normalized spacial score (nSPS) is 15.8. The molecule has 0 radical (unpaired) electrons. The number of methoxy groups -OCH3 is 1. The van der Waals surface area contributed by atoms with Gasteiger partial charge >= 0.3 is 0 Å². The average molecular weight is 714 g/mol. The molecule has 9 heteroatoms. The lowest BCUT2D eigenvalue weighted by Gasteiger charge is -2.12.